The van der Waals surface area contributed by atoms with Gasteiger partial charge in [0.1, 0.15) is 0 Å². The lowest BCUT2D eigenvalue weighted by atomic mass is 9.98. The van der Waals surface area contributed by atoms with E-state index in [1.807, 2.05) is 0 Å². The van der Waals surface area contributed by atoms with Crippen LogP contribution in [0.5, 0.6) is 0 Å². The molecule has 2 nitrogen and oxygen atoms in total. The Labute approximate surface area is 89.1 Å². The average molecular weight is 197 g/mol. The molecule has 1 fully saturated rings. The summed E-state index contributed by atoms with van der Waals surface area (Å²) in [6.45, 7) is 15.8. The zero-order valence-electron chi connectivity index (χ0n) is 9.92. The van der Waals surface area contributed by atoms with Crippen LogP contribution in [-0.2, 0) is 0 Å². The van der Waals surface area contributed by atoms with E-state index in [2.05, 4.69) is 37.9 Å². The molecule has 1 radical (unpaired) electrons. The van der Waals surface area contributed by atoms with Crippen LogP contribution in [0.3, 0.4) is 0 Å². The maximum Gasteiger partial charge on any atom is 0.0122 e. The molecule has 83 valence electrons. The van der Waals surface area contributed by atoms with Crippen molar-refractivity contribution >= 4 is 0 Å². The molecule has 1 rings (SSSR count). The lowest BCUT2D eigenvalue weighted by Gasteiger charge is -2.32. The topological polar surface area (TPSA) is 15.3 Å². The molecule has 1 saturated heterocycles. The van der Waals surface area contributed by atoms with E-state index in [9.17, 15) is 0 Å². The highest BCUT2D eigenvalue weighted by Crippen LogP contribution is 2.16. The van der Waals surface area contributed by atoms with Crippen LogP contribution in [0.4, 0.5) is 0 Å². The van der Waals surface area contributed by atoms with Crippen LogP contribution >= 0.6 is 0 Å². The molecule has 0 spiro atoms. The van der Waals surface area contributed by atoms with Gasteiger partial charge in [0.15, 0.2) is 0 Å². The quantitative estimate of drug-likeness (QED) is 0.742. The Morgan fingerprint density at radius 2 is 2.29 bits per heavy atom. The first-order valence-electron chi connectivity index (χ1n) is 5.93. The van der Waals surface area contributed by atoms with Crippen LogP contribution < -0.4 is 5.32 Å². The summed E-state index contributed by atoms with van der Waals surface area (Å²) in [7, 11) is 0. The molecule has 0 saturated carbocycles. The van der Waals surface area contributed by atoms with Gasteiger partial charge in [-0.1, -0.05) is 27.2 Å². The SMILES string of the molecule is [CH2]C(C(C)CC)N1CCNC[C@H](C)C1. The Kier molecular flexibility index (Phi) is 4.90. The molecule has 0 aromatic heterocycles. The summed E-state index contributed by atoms with van der Waals surface area (Å²) in [6, 6.07) is 0.488. The summed E-state index contributed by atoms with van der Waals surface area (Å²) in [6.07, 6.45) is 1.23. The Balaban J connectivity index is 2.47. The first kappa shape index (κ1) is 12.0. The molecule has 0 aliphatic carbocycles. The van der Waals surface area contributed by atoms with Crippen LogP contribution in [-0.4, -0.2) is 37.1 Å². The average Bonchev–Trinajstić information content (AvgIpc) is 2.40. The molecule has 14 heavy (non-hydrogen) atoms. The van der Waals surface area contributed by atoms with E-state index >= 15 is 0 Å². The highest BCUT2D eigenvalue weighted by atomic mass is 15.2. The number of rotatable bonds is 3. The highest BCUT2D eigenvalue weighted by Gasteiger charge is 2.22. The van der Waals surface area contributed by atoms with Crippen molar-refractivity contribution in [3.05, 3.63) is 6.92 Å². The molecular weight excluding hydrogens is 172 g/mol. The van der Waals surface area contributed by atoms with Gasteiger partial charge in [0, 0.05) is 25.7 Å². The predicted octanol–water partition coefficient (Wildman–Crippen LogP) is 1.78. The van der Waals surface area contributed by atoms with Crippen LogP contribution in [0.15, 0.2) is 0 Å². The van der Waals surface area contributed by atoms with Gasteiger partial charge < -0.3 is 5.32 Å². The number of hydrogen-bond acceptors (Lipinski definition) is 2. The van der Waals surface area contributed by atoms with Gasteiger partial charge >= 0.3 is 0 Å². The summed E-state index contributed by atoms with van der Waals surface area (Å²) >= 11 is 0. The summed E-state index contributed by atoms with van der Waals surface area (Å²) in [5, 5.41) is 3.47. The van der Waals surface area contributed by atoms with E-state index in [0.717, 1.165) is 25.6 Å². The predicted molar refractivity (Wildman–Crippen MR) is 62.2 cm³/mol. The van der Waals surface area contributed by atoms with Crippen molar-refractivity contribution in [2.24, 2.45) is 11.8 Å². The monoisotopic (exact) mass is 197 g/mol. The smallest absolute Gasteiger partial charge is 0.0122 e. The van der Waals surface area contributed by atoms with Gasteiger partial charge in [-0.05, 0) is 25.3 Å². The Bertz CT molecular complexity index is 158. The van der Waals surface area contributed by atoms with Crippen molar-refractivity contribution in [2.75, 3.05) is 26.2 Å². The van der Waals surface area contributed by atoms with Crippen LogP contribution in [0, 0.1) is 18.8 Å². The molecule has 2 unspecified atom stereocenters. The molecule has 1 aliphatic heterocycles. The van der Waals surface area contributed by atoms with E-state index in [4.69, 9.17) is 0 Å². The van der Waals surface area contributed by atoms with Gasteiger partial charge in [-0.2, -0.15) is 0 Å². The summed E-state index contributed by atoms with van der Waals surface area (Å²) in [5.41, 5.74) is 0. The van der Waals surface area contributed by atoms with E-state index in [-0.39, 0.29) is 0 Å². The third-order valence-corrected chi connectivity index (χ3v) is 3.38. The van der Waals surface area contributed by atoms with Gasteiger partial charge in [0.25, 0.3) is 0 Å². The fourth-order valence-electron chi connectivity index (χ4n) is 2.06. The summed E-state index contributed by atoms with van der Waals surface area (Å²) in [4.78, 5) is 2.54. The second-order valence-corrected chi connectivity index (χ2v) is 4.76. The lowest BCUT2D eigenvalue weighted by molar-refractivity contribution is 0.173. The van der Waals surface area contributed by atoms with E-state index in [1.54, 1.807) is 0 Å². The molecular formula is C12H25N2. The highest BCUT2D eigenvalue weighted by molar-refractivity contribution is 4.82. The van der Waals surface area contributed by atoms with E-state index in [0.29, 0.717) is 12.0 Å². The van der Waals surface area contributed by atoms with Crippen LogP contribution in [0.2, 0.25) is 0 Å². The zero-order chi connectivity index (χ0) is 10.6. The Hall–Kier alpha value is -0.0800. The molecule has 0 aromatic rings. The Morgan fingerprint density at radius 3 is 2.93 bits per heavy atom. The molecule has 1 aliphatic rings. The first-order valence-corrected chi connectivity index (χ1v) is 5.93. The standard InChI is InChI=1S/C12H25N2/c1-5-11(3)12(4)14-7-6-13-8-10(2)9-14/h10-13H,4-9H2,1-3H3/t10-,11?,12?/m0/s1. The van der Waals surface area contributed by atoms with Gasteiger partial charge in [-0.15, -0.1) is 0 Å². The molecule has 3 atom stereocenters. The lowest BCUT2D eigenvalue weighted by Crippen LogP contribution is -2.41. The molecule has 0 bridgehead atoms. The van der Waals surface area contributed by atoms with E-state index in [1.165, 1.54) is 13.0 Å². The van der Waals surface area contributed by atoms with Crippen molar-refractivity contribution < 1.29 is 0 Å². The second-order valence-electron chi connectivity index (χ2n) is 4.76. The molecule has 0 amide bonds. The van der Waals surface area contributed by atoms with Crippen molar-refractivity contribution in [2.45, 2.75) is 33.2 Å². The normalized spacial score (nSPS) is 29.6. The minimum Gasteiger partial charge on any atom is -0.315 e. The summed E-state index contributed by atoms with van der Waals surface area (Å²) < 4.78 is 0. The van der Waals surface area contributed by atoms with Crippen LogP contribution in [0.25, 0.3) is 0 Å². The second kappa shape index (κ2) is 5.72. The van der Waals surface area contributed by atoms with Gasteiger partial charge in [-0.3, -0.25) is 4.90 Å². The van der Waals surface area contributed by atoms with Gasteiger partial charge in [-0.25, -0.2) is 0 Å². The molecule has 0 aromatic carbocycles. The first-order chi connectivity index (χ1) is 6.65. The molecule has 1 heterocycles. The fourth-order valence-corrected chi connectivity index (χ4v) is 2.06. The Morgan fingerprint density at radius 1 is 1.57 bits per heavy atom. The molecule has 1 N–H and O–H groups in total. The zero-order valence-corrected chi connectivity index (χ0v) is 9.92. The minimum atomic E-state index is 0.488. The third kappa shape index (κ3) is 3.25. The fraction of sp³-hybridized carbons (Fsp3) is 0.917. The van der Waals surface area contributed by atoms with Crippen molar-refractivity contribution in [3.63, 3.8) is 0 Å². The largest absolute Gasteiger partial charge is 0.315 e. The summed E-state index contributed by atoms with van der Waals surface area (Å²) in [5.74, 6) is 1.46. The maximum atomic E-state index is 4.31. The molecule has 2 heteroatoms. The van der Waals surface area contributed by atoms with Crippen molar-refractivity contribution in [1.82, 2.24) is 10.2 Å². The van der Waals surface area contributed by atoms with Crippen LogP contribution in [0.1, 0.15) is 27.2 Å². The third-order valence-electron chi connectivity index (χ3n) is 3.38. The number of nitrogens with zero attached hydrogens (tertiary/aromatic N) is 1. The van der Waals surface area contributed by atoms with Gasteiger partial charge in [0.05, 0.1) is 0 Å². The van der Waals surface area contributed by atoms with Crippen molar-refractivity contribution in [3.8, 4) is 0 Å². The van der Waals surface area contributed by atoms with Crippen molar-refractivity contribution in [1.29, 1.82) is 0 Å². The van der Waals surface area contributed by atoms with Gasteiger partial charge in [0.2, 0.25) is 0 Å². The maximum absolute atomic E-state index is 4.31. The number of nitrogens with one attached hydrogen (secondary N) is 1. The van der Waals surface area contributed by atoms with E-state index < -0.39 is 0 Å². The number of hydrogen-bond donors (Lipinski definition) is 1. The minimum absolute atomic E-state index is 0.488.